The molecule has 0 N–H and O–H groups in total. The van der Waals surface area contributed by atoms with E-state index in [0.29, 0.717) is 31.0 Å². The second-order valence-corrected chi connectivity index (χ2v) is 5.20. The summed E-state index contributed by atoms with van der Waals surface area (Å²) in [5, 5.41) is 0.670. The molecule has 3 nitrogen and oxygen atoms in total. The highest BCUT2D eigenvalue weighted by Crippen LogP contribution is 2.15. The summed E-state index contributed by atoms with van der Waals surface area (Å²) < 4.78 is 0. The van der Waals surface area contributed by atoms with Crippen LogP contribution in [-0.4, -0.2) is 29.7 Å². The molecule has 4 heteroatoms. The van der Waals surface area contributed by atoms with Crippen LogP contribution >= 0.6 is 11.6 Å². The Morgan fingerprint density at radius 3 is 2.67 bits per heavy atom. The molecule has 0 saturated carbocycles. The fraction of sp³-hybridized carbons (Fsp3) is 0.429. The zero-order valence-electron chi connectivity index (χ0n) is 10.4. The van der Waals surface area contributed by atoms with E-state index in [9.17, 15) is 9.59 Å². The average Bonchev–Trinajstić information content (AvgIpc) is 2.35. The molecule has 1 aliphatic rings. The Morgan fingerprint density at radius 1 is 1.39 bits per heavy atom. The van der Waals surface area contributed by atoms with Crippen LogP contribution in [0.1, 0.15) is 18.9 Å². The van der Waals surface area contributed by atoms with Crippen LogP contribution in [0.15, 0.2) is 24.3 Å². The van der Waals surface area contributed by atoms with Crippen molar-refractivity contribution in [2.45, 2.75) is 19.8 Å². The number of carbonyl (C=O) groups is 2. The highest BCUT2D eigenvalue weighted by Gasteiger charge is 2.26. The maximum atomic E-state index is 12.1. The lowest BCUT2D eigenvalue weighted by Gasteiger charge is -2.30. The lowest BCUT2D eigenvalue weighted by atomic mass is 9.98. The number of rotatable bonds is 2. The van der Waals surface area contributed by atoms with Crippen molar-refractivity contribution in [1.82, 2.24) is 4.90 Å². The Hall–Kier alpha value is -1.35. The van der Waals surface area contributed by atoms with Crippen LogP contribution in [0.4, 0.5) is 0 Å². The van der Waals surface area contributed by atoms with Crippen LogP contribution in [0.25, 0.3) is 0 Å². The molecule has 96 valence electrons. The van der Waals surface area contributed by atoms with E-state index in [0.717, 1.165) is 5.56 Å². The Balaban J connectivity index is 1.96. The second-order valence-electron chi connectivity index (χ2n) is 4.76. The molecule has 1 fully saturated rings. The van der Waals surface area contributed by atoms with Crippen molar-refractivity contribution < 1.29 is 9.59 Å². The minimum Gasteiger partial charge on any atom is -0.341 e. The van der Waals surface area contributed by atoms with Gasteiger partial charge in [-0.3, -0.25) is 9.59 Å². The van der Waals surface area contributed by atoms with Crippen LogP contribution in [0, 0.1) is 5.92 Å². The van der Waals surface area contributed by atoms with E-state index < -0.39 is 0 Å². The minimum absolute atomic E-state index is 0.0343. The van der Waals surface area contributed by atoms with Gasteiger partial charge in [-0.1, -0.05) is 30.7 Å². The molecule has 1 aliphatic heterocycles. The number of nitrogens with zero attached hydrogens (tertiary/aromatic N) is 1. The van der Waals surface area contributed by atoms with Crippen LogP contribution in [0.3, 0.4) is 0 Å². The number of amides is 1. The van der Waals surface area contributed by atoms with E-state index in [-0.39, 0.29) is 17.6 Å². The van der Waals surface area contributed by atoms with Crippen LogP contribution in [-0.2, 0) is 16.0 Å². The van der Waals surface area contributed by atoms with Gasteiger partial charge in [0.25, 0.3) is 0 Å². The molecule has 0 bridgehead atoms. The summed E-state index contributed by atoms with van der Waals surface area (Å²) in [5.74, 6) is 0.301. The maximum Gasteiger partial charge on any atom is 0.227 e. The molecule has 0 aliphatic carbocycles. The van der Waals surface area contributed by atoms with E-state index in [2.05, 4.69) is 0 Å². The SMILES string of the molecule is CC1CN(C(=O)Cc2ccc(Cl)cc2)CCC1=O. The molecule has 1 atom stereocenters. The molecule has 1 aromatic rings. The number of ketones is 1. The minimum atomic E-state index is -0.0343. The first kappa shape index (κ1) is 13.1. The third kappa shape index (κ3) is 3.10. The van der Waals surface area contributed by atoms with E-state index in [1.54, 1.807) is 17.0 Å². The molecule has 1 amide bonds. The molecular weight excluding hydrogens is 250 g/mol. The molecule has 0 radical (unpaired) electrons. The molecule has 1 unspecified atom stereocenters. The average molecular weight is 266 g/mol. The van der Waals surface area contributed by atoms with Gasteiger partial charge in [0.15, 0.2) is 0 Å². The van der Waals surface area contributed by atoms with Crippen molar-refractivity contribution in [3.05, 3.63) is 34.9 Å². The topological polar surface area (TPSA) is 37.4 Å². The summed E-state index contributed by atoms with van der Waals surface area (Å²) in [6.07, 6.45) is 0.853. The van der Waals surface area contributed by atoms with Gasteiger partial charge in [-0.2, -0.15) is 0 Å². The van der Waals surface area contributed by atoms with Gasteiger partial charge in [-0.25, -0.2) is 0 Å². The second kappa shape index (κ2) is 5.53. The highest BCUT2D eigenvalue weighted by molar-refractivity contribution is 6.30. The van der Waals surface area contributed by atoms with Crippen molar-refractivity contribution >= 4 is 23.3 Å². The van der Waals surface area contributed by atoms with E-state index in [1.165, 1.54) is 0 Å². The van der Waals surface area contributed by atoms with Crippen molar-refractivity contribution in [1.29, 1.82) is 0 Å². The van der Waals surface area contributed by atoms with Gasteiger partial charge in [-0.15, -0.1) is 0 Å². The Morgan fingerprint density at radius 2 is 2.06 bits per heavy atom. The Bertz CT molecular complexity index is 455. The Labute approximate surface area is 112 Å². The predicted molar refractivity (Wildman–Crippen MR) is 70.5 cm³/mol. The largest absolute Gasteiger partial charge is 0.341 e. The predicted octanol–water partition coefficient (Wildman–Crippen LogP) is 2.32. The third-order valence-electron chi connectivity index (χ3n) is 3.29. The first-order valence-electron chi connectivity index (χ1n) is 6.11. The summed E-state index contributed by atoms with van der Waals surface area (Å²) in [6.45, 7) is 2.98. The molecule has 1 saturated heterocycles. The van der Waals surface area contributed by atoms with Crippen molar-refractivity contribution in [2.75, 3.05) is 13.1 Å². The van der Waals surface area contributed by atoms with Gasteiger partial charge in [0.2, 0.25) is 5.91 Å². The van der Waals surface area contributed by atoms with Crippen molar-refractivity contribution in [3.63, 3.8) is 0 Å². The Kier molecular flexibility index (Phi) is 4.02. The maximum absolute atomic E-state index is 12.1. The summed E-state index contributed by atoms with van der Waals surface area (Å²) in [4.78, 5) is 25.3. The molecular formula is C14H16ClNO2. The molecule has 18 heavy (non-hydrogen) atoms. The zero-order valence-corrected chi connectivity index (χ0v) is 11.1. The van der Waals surface area contributed by atoms with Gasteiger partial charge >= 0.3 is 0 Å². The van der Waals surface area contributed by atoms with Crippen LogP contribution in [0.5, 0.6) is 0 Å². The summed E-state index contributed by atoms with van der Waals surface area (Å²) >= 11 is 5.80. The van der Waals surface area contributed by atoms with Gasteiger partial charge in [0.1, 0.15) is 5.78 Å². The number of benzene rings is 1. The number of halogens is 1. The number of likely N-dealkylation sites (tertiary alicyclic amines) is 1. The lowest BCUT2D eigenvalue weighted by Crippen LogP contribution is -2.43. The third-order valence-corrected chi connectivity index (χ3v) is 3.55. The summed E-state index contributed by atoms with van der Waals surface area (Å²) in [7, 11) is 0. The van der Waals surface area contributed by atoms with E-state index in [1.807, 2.05) is 19.1 Å². The monoisotopic (exact) mass is 265 g/mol. The standard InChI is InChI=1S/C14H16ClNO2/c1-10-9-16(7-6-13(10)17)14(18)8-11-2-4-12(15)5-3-11/h2-5,10H,6-9H2,1H3. The number of hydrogen-bond acceptors (Lipinski definition) is 2. The van der Waals surface area contributed by atoms with E-state index >= 15 is 0 Å². The molecule has 1 aromatic carbocycles. The number of piperidine rings is 1. The van der Waals surface area contributed by atoms with Gasteiger partial charge in [0.05, 0.1) is 6.42 Å². The van der Waals surface area contributed by atoms with Crippen LogP contribution < -0.4 is 0 Å². The van der Waals surface area contributed by atoms with E-state index in [4.69, 9.17) is 11.6 Å². The van der Waals surface area contributed by atoms with Gasteiger partial charge < -0.3 is 4.90 Å². The highest BCUT2D eigenvalue weighted by atomic mass is 35.5. The van der Waals surface area contributed by atoms with Crippen molar-refractivity contribution in [2.24, 2.45) is 5.92 Å². The number of carbonyl (C=O) groups excluding carboxylic acids is 2. The first-order chi connectivity index (χ1) is 8.56. The smallest absolute Gasteiger partial charge is 0.227 e. The summed E-state index contributed by atoms with van der Waals surface area (Å²) in [5.41, 5.74) is 0.953. The van der Waals surface area contributed by atoms with Gasteiger partial charge in [0, 0.05) is 30.5 Å². The fourth-order valence-electron chi connectivity index (χ4n) is 2.13. The fourth-order valence-corrected chi connectivity index (χ4v) is 2.26. The molecule has 0 spiro atoms. The first-order valence-corrected chi connectivity index (χ1v) is 6.49. The summed E-state index contributed by atoms with van der Waals surface area (Å²) in [6, 6.07) is 7.29. The molecule has 1 heterocycles. The number of hydrogen-bond donors (Lipinski definition) is 0. The lowest BCUT2D eigenvalue weighted by molar-refractivity contribution is -0.136. The van der Waals surface area contributed by atoms with Crippen molar-refractivity contribution in [3.8, 4) is 0 Å². The quantitative estimate of drug-likeness (QED) is 0.823. The van der Waals surface area contributed by atoms with Crippen LogP contribution in [0.2, 0.25) is 5.02 Å². The van der Waals surface area contributed by atoms with Gasteiger partial charge in [-0.05, 0) is 17.7 Å². The zero-order chi connectivity index (χ0) is 13.1. The molecule has 2 rings (SSSR count). The number of Topliss-reactive ketones (excluding diaryl/α,β-unsaturated/α-hetero) is 1. The molecule has 0 aromatic heterocycles. The normalized spacial score (nSPS) is 20.0.